The van der Waals surface area contributed by atoms with Gasteiger partial charge in [-0.3, -0.25) is 20.4 Å². The van der Waals surface area contributed by atoms with Crippen molar-refractivity contribution in [1.82, 2.24) is 10.9 Å². The Morgan fingerprint density at radius 2 is 1.23 bits per heavy atom. The van der Waals surface area contributed by atoms with Crippen molar-refractivity contribution < 1.29 is 9.59 Å². The number of thioether (sulfide) groups is 2. The molecule has 0 radical (unpaired) electrons. The van der Waals surface area contributed by atoms with Crippen LogP contribution in [-0.4, -0.2) is 22.3 Å². The van der Waals surface area contributed by atoms with Crippen LogP contribution in [0.5, 0.6) is 0 Å². The van der Waals surface area contributed by atoms with E-state index < -0.39 is 0 Å². The molecule has 0 bridgehead atoms. The summed E-state index contributed by atoms with van der Waals surface area (Å²) in [6.45, 7) is 4.10. The lowest BCUT2D eigenvalue weighted by Crippen LogP contribution is -2.48. The molecule has 0 saturated heterocycles. The second-order valence-electron chi connectivity index (χ2n) is 6.82. The second-order valence-corrected chi connectivity index (χ2v) is 9.31. The molecule has 134 valence electrons. The van der Waals surface area contributed by atoms with Crippen molar-refractivity contribution in [2.24, 2.45) is 0 Å². The van der Waals surface area contributed by atoms with Crippen LogP contribution in [0.4, 0.5) is 0 Å². The number of hydrogen-bond donors (Lipinski definition) is 2. The third-order valence-electron chi connectivity index (χ3n) is 4.69. The predicted octanol–water partition coefficient (Wildman–Crippen LogP) is 3.18. The number of rotatable bonds is 2. The van der Waals surface area contributed by atoms with Crippen LogP contribution >= 0.6 is 23.5 Å². The molecule has 2 atom stereocenters. The Labute approximate surface area is 161 Å². The molecule has 2 amide bonds. The summed E-state index contributed by atoms with van der Waals surface area (Å²) in [6, 6.07) is 12.5. The average Bonchev–Trinajstić information content (AvgIpc) is 3.22. The van der Waals surface area contributed by atoms with E-state index in [0.717, 1.165) is 9.79 Å². The lowest BCUT2D eigenvalue weighted by molar-refractivity contribution is -0.128. The Balaban J connectivity index is 1.31. The summed E-state index contributed by atoms with van der Waals surface area (Å²) < 4.78 is 0. The number of carbonyl (C=O) groups is 2. The predicted molar refractivity (Wildman–Crippen MR) is 105 cm³/mol. The second kappa shape index (κ2) is 7.00. The van der Waals surface area contributed by atoms with E-state index in [4.69, 9.17) is 0 Å². The van der Waals surface area contributed by atoms with Crippen molar-refractivity contribution in [1.29, 1.82) is 0 Å². The fraction of sp³-hybridized carbons (Fsp3) is 0.300. The van der Waals surface area contributed by atoms with Gasteiger partial charge in [-0.05, 0) is 49.9 Å². The van der Waals surface area contributed by atoms with E-state index in [1.54, 1.807) is 23.5 Å². The molecule has 6 heteroatoms. The zero-order valence-electron chi connectivity index (χ0n) is 14.7. The SMILES string of the molecule is Cc1ccc2c(c1)S[C@@H](C(=O)NNC(=O)[C@H]1Cc3ccc(C)cc3S1)C2. The minimum atomic E-state index is -0.192. The molecule has 0 fully saturated rings. The van der Waals surface area contributed by atoms with Gasteiger partial charge in [0, 0.05) is 9.79 Å². The van der Waals surface area contributed by atoms with Crippen molar-refractivity contribution in [2.45, 2.75) is 47.0 Å². The number of fused-ring (bicyclic) bond motifs is 2. The van der Waals surface area contributed by atoms with Crippen molar-refractivity contribution in [3.05, 3.63) is 58.7 Å². The lowest BCUT2D eigenvalue weighted by atomic mass is 10.1. The average molecular weight is 385 g/mol. The normalized spacial score (nSPS) is 20.4. The largest absolute Gasteiger partial charge is 0.272 e. The quantitative estimate of drug-likeness (QED) is 0.781. The molecule has 4 rings (SSSR count). The maximum atomic E-state index is 12.4. The lowest BCUT2D eigenvalue weighted by Gasteiger charge is -2.13. The van der Waals surface area contributed by atoms with E-state index in [-0.39, 0.29) is 22.3 Å². The maximum Gasteiger partial charge on any atom is 0.252 e. The zero-order valence-corrected chi connectivity index (χ0v) is 16.3. The van der Waals surface area contributed by atoms with Crippen LogP contribution < -0.4 is 10.9 Å². The molecule has 0 aromatic heterocycles. The first-order valence-electron chi connectivity index (χ1n) is 8.61. The van der Waals surface area contributed by atoms with Gasteiger partial charge in [-0.25, -0.2) is 0 Å². The molecule has 0 unspecified atom stereocenters. The first-order valence-corrected chi connectivity index (χ1v) is 10.4. The number of amides is 2. The van der Waals surface area contributed by atoms with Gasteiger partial charge in [0.15, 0.2) is 0 Å². The summed E-state index contributed by atoms with van der Waals surface area (Å²) in [5, 5.41) is -0.383. The van der Waals surface area contributed by atoms with Crippen LogP contribution in [0, 0.1) is 13.8 Å². The summed E-state index contributed by atoms with van der Waals surface area (Å²) >= 11 is 3.13. The fourth-order valence-electron chi connectivity index (χ4n) is 3.25. The summed E-state index contributed by atoms with van der Waals surface area (Å²) in [6.07, 6.45) is 1.40. The van der Waals surface area contributed by atoms with Crippen LogP contribution in [0.15, 0.2) is 46.2 Å². The highest BCUT2D eigenvalue weighted by Crippen LogP contribution is 2.38. The number of hydrazine groups is 1. The van der Waals surface area contributed by atoms with Gasteiger partial charge in [-0.15, -0.1) is 23.5 Å². The van der Waals surface area contributed by atoms with Gasteiger partial charge in [-0.2, -0.15) is 0 Å². The Bertz CT molecular complexity index is 824. The first-order chi connectivity index (χ1) is 12.5. The minimum absolute atomic E-state index is 0.145. The van der Waals surface area contributed by atoms with Crippen LogP contribution in [0.1, 0.15) is 22.3 Å². The van der Waals surface area contributed by atoms with Crippen molar-refractivity contribution in [2.75, 3.05) is 0 Å². The first kappa shape index (κ1) is 17.5. The summed E-state index contributed by atoms with van der Waals surface area (Å²) in [4.78, 5) is 27.2. The smallest absolute Gasteiger partial charge is 0.252 e. The highest BCUT2D eigenvalue weighted by atomic mass is 32.2. The van der Waals surface area contributed by atoms with Gasteiger partial charge in [0.25, 0.3) is 11.8 Å². The molecule has 0 aliphatic carbocycles. The minimum Gasteiger partial charge on any atom is -0.272 e. The number of carbonyl (C=O) groups excluding carboxylic acids is 2. The van der Waals surface area contributed by atoms with Crippen molar-refractivity contribution in [3.8, 4) is 0 Å². The molecule has 26 heavy (non-hydrogen) atoms. The highest BCUT2D eigenvalue weighted by molar-refractivity contribution is 8.01. The van der Waals surface area contributed by atoms with E-state index >= 15 is 0 Å². The van der Waals surface area contributed by atoms with E-state index in [9.17, 15) is 9.59 Å². The Morgan fingerprint density at radius 1 is 0.808 bits per heavy atom. The van der Waals surface area contributed by atoms with Crippen molar-refractivity contribution >= 4 is 35.3 Å². The van der Waals surface area contributed by atoms with E-state index in [2.05, 4.69) is 47.2 Å². The third kappa shape index (κ3) is 3.48. The van der Waals surface area contributed by atoms with Gasteiger partial charge >= 0.3 is 0 Å². The van der Waals surface area contributed by atoms with Crippen LogP contribution in [0.2, 0.25) is 0 Å². The monoisotopic (exact) mass is 384 g/mol. The highest BCUT2D eigenvalue weighted by Gasteiger charge is 2.31. The molecule has 2 aromatic carbocycles. The van der Waals surface area contributed by atoms with Gasteiger partial charge in [0.05, 0.1) is 10.5 Å². The Hall–Kier alpha value is -1.92. The summed E-state index contributed by atoms with van der Waals surface area (Å²) in [5.41, 5.74) is 10.0. The van der Waals surface area contributed by atoms with Crippen LogP contribution in [-0.2, 0) is 22.4 Å². The third-order valence-corrected chi connectivity index (χ3v) is 7.29. The standard InChI is InChI=1S/C20H20N2O2S2/c1-11-3-5-13-9-17(25-15(13)7-11)19(23)21-22-20(24)18-10-14-6-4-12(2)8-16(14)26-18/h3-8,17-18H,9-10H2,1-2H3,(H,21,23)(H,22,24)/t17-,18-/m1/s1. The number of hydrogen-bond acceptors (Lipinski definition) is 4. The van der Waals surface area contributed by atoms with E-state index in [1.165, 1.54) is 22.3 Å². The van der Waals surface area contributed by atoms with Crippen LogP contribution in [0.25, 0.3) is 0 Å². The molecule has 2 N–H and O–H groups in total. The van der Waals surface area contributed by atoms with E-state index in [0.29, 0.717) is 12.8 Å². The molecule has 0 saturated carbocycles. The van der Waals surface area contributed by atoms with E-state index in [1.807, 2.05) is 13.8 Å². The number of aryl methyl sites for hydroxylation is 2. The maximum absolute atomic E-state index is 12.4. The summed E-state index contributed by atoms with van der Waals surface area (Å²) in [5.74, 6) is -0.290. The fourth-order valence-corrected chi connectivity index (χ4v) is 5.83. The number of benzene rings is 2. The van der Waals surface area contributed by atoms with Gasteiger partial charge < -0.3 is 0 Å². The van der Waals surface area contributed by atoms with Gasteiger partial charge in [0.2, 0.25) is 0 Å². The molecule has 0 spiro atoms. The molecule has 2 heterocycles. The topological polar surface area (TPSA) is 58.2 Å². The number of nitrogens with one attached hydrogen (secondary N) is 2. The Kier molecular flexibility index (Phi) is 4.71. The van der Waals surface area contributed by atoms with Gasteiger partial charge in [-0.1, -0.05) is 35.4 Å². The van der Waals surface area contributed by atoms with Gasteiger partial charge in [0.1, 0.15) is 0 Å². The Morgan fingerprint density at radius 3 is 1.65 bits per heavy atom. The molecular weight excluding hydrogens is 364 g/mol. The molecule has 4 nitrogen and oxygen atoms in total. The van der Waals surface area contributed by atoms with Crippen LogP contribution in [0.3, 0.4) is 0 Å². The molecule has 2 aliphatic heterocycles. The molecule has 2 aromatic rings. The van der Waals surface area contributed by atoms with Crippen molar-refractivity contribution in [3.63, 3.8) is 0 Å². The molecule has 2 aliphatic rings. The zero-order chi connectivity index (χ0) is 18.3. The molecular formula is C20H20N2O2S2. The summed E-state index contributed by atoms with van der Waals surface area (Å²) in [7, 11) is 0.